The van der Waals surface area contributed by atoms with Gasteiger partial charge in [0.25, 0.3) is 0 Å². The van der Waals surface area contributed by atoms with Crippen molar-refractivity contribution in [1.82, 2.24) is 10.6 Å². The third kappa shape index (κ3) is 6.24. The Labute approximate surface area is 136 Å². The van der Waals surface area contributed by atoms with Crippen LogP contribution in [-0.4, -0.2) is 23.1 Å². The third-order valence-corrected chi connectivity index (χ3v) is 3.66. The number of carbonyl (C=O) groups is 1. The summed E-state index contributed by atoms with van der Waals surface area (Å²) in [5.74, 6) is 0.233. The van der Waals surface area contributed by atoms with E-state index in [9.17, 15) is 9.90 Å². The number of carbonyl (C=O) groups excluding carboxylic acids is 1. The Morgan fingerprint density at radius 1 is 1.25 bits per heavy atom. The number of halogens is 2. The van der Waals surface area contributed by atoms with Crippen LogP contribution in [-0.2, 0) is 11.3 Å². The van der Waals surface area contributed by atoms with Gasteiger partial charge in [0.2, 0.25) is 5.91 Å². The predicted octanol–water partition coefficient (Wildman–Crippen LogP) is 3.31. The predicted molar refractivity (Wildman–Crippen MR) is 87.7 cm³/mol. The highest BCUT2D eigenvalue weighted by atomic mass is 79.9. The number of nitrogens with one attached hydrogen (secondary N) is 2. The van der Waals surface area contributed by atoms with Crippen LogP contribution in [0.5, 0.6) is 5.75 Å². The van der Waals surface area contributed by atoms with Crippen molar-refractivity contribution in [2.24, 2.45) is 0 Å². The molecule has 1 rings (SSSR count). The first-order valence-corrected chi connectivity index (χ1v) is 7.96. The van der Waals surface area contributed by atoms with E-state index < -0.39 is 0 Å². The van der Waals surface area contributed by atoms with E-state index in [1.165, 1.54) is 0 Å². The Morgan fingerprint density at radius 2 is 1.80 bits per heavy atom. The lowest BCUT2D eigenvalue weighted by molar-refractivity contribution is -0.122. The van der Waals surface area contributed by atoms with Crippen molar-refractivity contribution in [2.75, 3.05) is 6.54 Å². The van der Waals surface area contributed by atoms with Gasteiger partial charge in [0.15, 0.2) is 0 Å². The van der Waals surface area contributed by atoms with E-state index in [2.05, 4.69) is 42.5 Å². The Kier molecular flexibility index (Phi) is 6.48. The van der Waals surface area contributed by atoms with Gasteiger partial charge >= 0.3 is 0 Å². The molecular weight excluding hydrogens is 388 g/mol. The summed E-state index contributed by atoms with van der Waals surface area (Å²) in [5, 5.41) is 15.7. The molecule has 6 heteroatoms. The highest BCUT2D eigenvalue weighted by molar-refractivity contribution is 9.11. The molecule has 0 bridgehead atoms. The van der Waals surface area contributed by atoms with Crippen molar-refractivity contribution in [2.45, 2.75) is 39.3 Å². The average molecular weight is 408 g/mol. The van der Waals surface area contributed by atoms with Gasteiger partial charge < -0.3 is 15.7 Å². The highest BCUT2D eigenvalue weighted by Gasteiger charge is 2.13. The van der Waals surface area contributed by atoms with Crippen molar-refractivity contribution >= 4 is 37.8 Å². The molecule has 1 amide bonds. The second-order valence-corrected chi connectivity index (χ2v) is 7.34. The smallest absolute Gasteiger partial charge is 0.221 e. The van der Waals surface area contributed by atoms with Crippen molar-refractivity contribution in [1.29, 1.82) is 0 Å². The summed E-state index contributed by atoms with van der Waals surface area (Å²) < 4.78 is 1.29. The fourth-order valence-corrected chi connectivity index (χ4v) is 2.92. The topological polar surface area (TPSA) is 61.4 Å². The largest absolute Gasteiger partial charge is 0.506 e. The van der Waals surface area contributed by atoms with E-state index in [0.29, 0.717) is 28.5 Å². The molecule has 0 spiro atoms. The zero-order chi connectivity index (χ0) is 15.3. The maximum Gasteiger partial charge on any atom is 0.221 e. The maximum absolute atomic E-state index is 11.6. The van der Waals surface area contributed by atoms with E-state index in [1.54, 1.807) is 0 Å². The normalized spacial score (nSPS) is 11.4. The number of hydrogen-bond donors (Lipinski definition) is 3. The zero-order valence-corrected chi connectivity index (χ0v) is 15.1. The van der Waals surface area contributed by atoms with Gasteiger partial charge in [-0.1, -0.05) is 0 Å². The molecular formula is C14H20Br2N2O2. The van der Waals surface area contributed by atoms with Gasteiger partial charge in [-0.05, 0) is 70.3 Å². The molecule has 0 radical (unpaired) electrons. The molecule has 4 nitrogen and oxygen atoms in total. The van der Waals surface area contributed by atoms with Gasteiger partial charge in [-0.25, -0.2) is 0 Å². The summed E-state index contributed by atoms with van der Waals surface area (Å²) >= 11 is 6.58. The van der Waals surface area contributed by atoms with E-state index in [0.717, 1.165) is 5.56 Å². The molecule has 0 atom stereocenters. The number of phenols is 1. The molecule has 20 heavy (non-hydrogen) atoms. The van der Waals surface area contributed by atoms with Gasteiger partial charge in [-0.3, -0.25) is 4.79 Å². The van der Waals surface area contributed by atoms with Gasteiger partial charge in [-0.15, -0.1) is 0 Å². The van der Waals surface area contributed by atoms with Crippen LogP contribution in [0.4, 0.5) is 0 Å². The number of rotatable bonds is 5. The van der Waals surface area contributed by atoms with E-state index in [1.807, 2.05) is 32.9 Å². The fourth-order valence-electron chi connectivity index (χ4n) is 1.64. The number of amides is 1. The molecule has 1 aromatic rings. The van der Waals surface area contributed by atoms with Crippen molar-refractivity contribution in [3.63, 3.8) is 0 Å². The first kappa shape index (κ1) is 17.5. The lowest BCUT2D eigenvalue weighted by Crippen LogP contribution is -2.41. The lowest BCUT2D eigenvalue weighted by Gasteiger charge is -2.20. The van der Waals surface area contributed by atoms with Crippen molar-refractivity contribution in [3.8, 4) is 5.75 Å². The zero-order valence-electron chi connectivity index (χ0n) is 11.9. The molecule has 0 unspecified atom stereocenters. The molecule has 0 aliphatic heterocycles. The maximum atomic E-state index is 11.6. The molecule has 0 aliphatic rings. The Bertz CT molecular complexity index is 462. The quantitative estimate of drug-likeness (QED) is 0.656. The molecule has 0 heterocycles. The highest BCUT2D eigenvalue weighted by Crippen LogP contribution is 2.33. The molecule has 0 saturated carbocycles. The molecule has 0 aromatic heterocycles. The minimum atomic E-state index is -0.191. The number of benzene rings is 1. The van der Waals surface area contributed by atoms with Gasteiger partial charge in [0, 0.05) is 25.0 Å². The fraction of sp³-hybridized carbons (Fsp3) is 0.500. The number of aromatic hydroxyl groups is 1. The first-order valence-electron chi connectivity index (χ1n) is 6.37. The van der Waals surface area contributed by atoms with E-state index in [-0.39, 0.29) is 17.2 Å². The molecule has 1 aromatic carbocycles. The summed E-state index contributed by atoms with van der Waals surface area (Å²) in [6.07, 6.45) is 0.442. The summed E-state index contributed by atoms with van der Waals surface area (Å²) in [4.78, 5) is 11.6. The molecule has 112 valence electrons. The van der Waals surface area contributed by atoms with Gasteiger partial charge in [0.05, 0.1) is 8.95 Å². The molecule has 0 fully saturated rings. The molecule has 3 N–H and O–H groups in total. The summed E-state index contributed by atoms with van der Waals surface area (Å²) in [5.41, 5.74) is 0.835. The van der Waals surface area contributed by atoms with Crippen LogP contribution >= 0.6 is 31.9 Å². The summed E-state index contributed by atoms with van der Waals surface area (Å²) in [7, 11) is 0. The van der Waals surface area contributed by atoms with Crippen LogP contribution in [0.3, 0.4) is 0 Å². The Balaban J connectivity index is 2.37. The SMILES string of the molecule is CC(C)(C)NC(=O)CCNCc1cc(Br)c(O)c(Br)c1. The molecule has 0 aliphatic carbocycles. The van der Waals surface area contributed by atoms with Crippen LogP contribution in [0, 0.1) is 0 Å². The number of hydrogen-bond acceptors (Lipinski definition) is 3. The minimum absolute atomic E-state index is 0.0399. The van der Waals surface area contributed by atoms with Gasteiger partial charge in [0.1, 0.15) is 5.75 Å². The standard InChI is InChI=1S/C14H20Br2N2O2/c1-14(2,3)18-12(19)4-5-17-8-9-6-10(15)13(20)11(16)7-9/h6-7,17,20H,4-5,8H2,1-3H3,(H,18,19). The van der Waals surface area contributed by atoms with Crippen LogP contribution in [0.2, 0.25) is 0 Å². The van der Waals surface area contributed by atoms with Crippen molar-refractivity contribution < 1.29 is 9.90 Å². The minimum Gasteiger partial charge on any atom is -0.506 e. The summed E-state index contributed by atoms with van der Waals surface area (Å²) in [6, 6.07) is 3.70. The van der Waals surface area contributed by atoms with Crippen molar-refractivity contribution in [3.05, 3.63) is 26.6 Å². The van der Waals surface area contributed by atoms with Crippen LogP contribution in [0.25, 0.3) is 0 Å². The van der Waals surface area contributed by atoms with Crippen LogP contribution in [0.15, 0.2) is 21.1 Å². The van der Waals surface area contributed by atoms with E-state index in [4.69, 9.17) is 0 Å². The molecule has 0 saturated heterocycles. The first-order chi connectivity index (χ1) is 9.19. The Hall–Kier alpha value is -0.590. The average Bonchev–Trinajstić information content (AvgIpc) is 2.29. The third-order valence-electron chi connectivity index (χ3n) is 2.45. The van der Waals surface area contributed by atoms with Crippen LogP contribution in [0.1, 0.15) is 32.8 Å². The van der Waals surface area contributed by atoms with Crippen LogP contribution < -0.4 is 10.6 Å². The second-order valence-electron chi connectivity index (χ2n) is 5.63. The van der Waals surface area contributed by atoms with E-state index >= 15 is 0 Å². The Morgan fingerprint density at radius 3 is 2.30 bits per heavy atom. The monoisotopic (exact) mass is 406 g/mol. The van der Waals surface area contributed by atoms with Gasteiger partial charge in [-0.2, -0.15) is 0 Å². The summed E-state index contributed by atoms with van der Waals surface area (Å²) in [6.45, 7) is 7.13. The second kappa shape index (κ2) is 7.43. The lowest BCUT2D eigenvalue weighted by atomic mass is 10.1. The number of phenolic OH excluding ortho intramolecular Hbond substituents is 1.